The Morgan fingerprint density at radius 1 is 1.06 bits per heavy atom. The maximum atomic E-state index is 10.8. The SMILES string of the molecule is Cc1cc(C2(N=C=O)CCCC2)c(C)c(C)c1C. The van der Waals surface area contributed by atoms with E-state index in [2.05, 4.69) is 38.8 Å². The normalized spacial score (nSPS) is 17.6. The molecule has 0 saturated heterocycles. The highest BCUT2D eigenvalue weighted by Crippen LogP contribution is 2.44. The minimum Gasteiger partial charge on any atom is -0.211 e. The van der Waals surface area contributed by atoms with Gasteiger partial charge in [0.1, 0.15) is 0 Å². The van der Waals surface area contributed by atoms with E-state index in [0.717, 1.165) is 25.7 Å². The summed E-state index contributed by atoms with van der Waals surface area (Å²) in [6, 6.07) is 2.23. The Morgan fingerprint density at radius 3 is 2.22 bits per heavy atom. The van der Waals surface area contributed by atoms with Gasteiger partial charge in [0, 0.05) is 0 Å². The molecule has 0 N–H and O–H groups in total. The quantitative estimate of drug-likeness (QED) is 0.569. The molecule has 1 saturated carbocycles. The molecule has 1 aromatic rings. The van der Waals surface area contributed by atoms with Crippen molar-refractivity contribution >= 4 is 6.08 Å². The van der Waals surface area contributed by atoms with Crippen molar-refractivity contribution in [3.05, 3.63) is 33.9 Å². The molecule has 0 unspecified atom stereocenters. The van der Waals surface area contributed by atoms with Gasteiger partial charge in [0.2, 0.25) is 6.08 Å². The molecule has 0 bridgehead atoms. The number of nitrogens with zero attached hydrogens (tertiary/aromatic N) is 1. The van der Waals surface area contributed by atoms with Crippen LogP contribution in [0.2, 0.25) is 0 Å². The predicted octanol–water partition coefficient (Wildman–Crippen LogP) is 4.03. The lowest BCUT2D eigenvalue weighted by molar-refractivity contribution is 0.453. The summed E-state index contributed by atoms with van der Waals surface area (Å²) in [7, 11) is 0. The van der Waals surface area contributed by atoms with Crippen LogP contribution >= 0.6 is 0 Å². The number of aryl methyl sites for hydroxylation is 1. The summed E-state index contributed by atoms with van der Waals surface area (Å²) in [5, 5.41) is 0. The lowest BCUT2D eigenvalue weighted by Gasteiger charge is -2.27. The third-order valence-electron chi connectivity index (χ3n) is 4.67. The van der Waals surface area contributed by atoms with Gasteiger partial charge in [0.25, 0.3) is 0 Å². The van der Waals surface area contributed by atoms with Crippen molar-refractivity contribution in [3.8, 4) is 0 Å². The maximum absolute atomic E-state index is 10.8. The highest BCUT2D eigenvalue weighted by atomic mass is 16.1. The Labute approximate surface area is 109 Å². The van der Waals surface area contributed by atoms with E-state index in [-0.39, 0.29) is 5.54 Å². The minimum absolute atomic E-state index is 0.297. The molecule has 96 valence electrons. The molecule has 1 fully saturated rings. The first-order valence-electron chi connectivity index (χ1n) is 6.69. The summed E-state index contributed by atoms with van der Waals surface area (Å²) in [4.78, 5) is 15.0. The molecule has 1 aliphatic carbocycles. The second kappa shape index (κ2) is 4.70. The predicted molar refractivity (Wildman–Crippen MR) is 73.7 cm³/mol. The Bertz CT molecular complexity index is 518. The second-order valence-electron chi connectivity index (χ2n) is 5.56. The molecule has 0 amide bonds. The van der Waals surface area contributed by atoms with E-state index in [9.17, 15) is 4.79 Å². The van der Waals surface area contributed by atoms with E-state index < -0.39 is 0 Å². The molecule has 1 aliphatic rings. The molecule has 2 rings (SSSR count). The summed E-state index contributed by atoms with van der Waals surface area (Å²) < 4.78 is 0. The fourth-order valence-corrected chi connectivity index (χ4v) is 3.18. The molecule has 0 atom stereocenters. The number of carbonyl (C=O) groups excluding carboxylic acids is 1. The first kappa shape index (κ1) is 13.0. The summed E-state index contributed by atoms with van der Waals surface area (Å²) >= 11 is 0. The van der Waals surface area contributed by atoms with Crippen LogP contribution in [0.5, 0.6) is 0 Å². The van der Waals surface area contributed by atoms with E-state index in [1.807, 2.05) is 0 Å². The zero-order valence-electron chi connectivity index (χ0n) is 11.8. The first-order chi connectivity index (χ1) is 8.52. The van der Waals surface area contributed by atoms with Gasteiger partial charge < -0.3 is 0 Å². The van der Waals surface area contributed by atoms with Crippen molar-refractivity contribution in [1.82, 2.24) is 0 Å². The van der Waals surface area contributed by atoms with Crippen LogP contribution in [0.25, 0.3) is 0 Å². The molecule has 2 nitrogen and oxygen atoms in total. The zero-order chi connectivity index (χ0) is 13.3. The van der Waals surface area contributed by atoms with E-state index in [1.54, 1.807) is 6.08 Å². The molecule has 18 heavy (non-hydrogen) atoms. The molecule has 2 heteroatoms. The van der Waals surface area contributed by atoms with Crippen molar-refractivity contribution in [1.29, 1.82) is 0 Å². The van der Waals surface area contributed by atoms with Crippen molar-refractivity contribution in [2.45, 2.75) is 58.9 Å². The Kier molecular flexibility index (Phi) is 3.41. The average Bonchev–Trinajstić information content (AvgIpc) is 2.81. The van der Waals surface area contributed by atoms with Crippen LogP contribution in [0.3, 0.4) is 0 Å². The first-order valence-corrected chi connectivity index (χ1v) is 6.69. The standard InChI is InChI=1S/C16H21NO/c1-11-9-15(14(4)13(3)12(11)2)16(17-10-18)7-5-6-8-16/h9H,5-8H2,1-4H3. The molecular formula is C16H21NO. The molecular weight excluding hydrogens is 222 g/mol. The third-order valence-corrected chi connectivity index (χ3v) is 4.67. The van der Waals surface area contributed by atoms with Gasteiger partial charge in [-0.1, -0.05) is 18.9 Å². The molecule has 1 aromatic carbocycles. The lowest BCUT2D eigenvalue weighted by Crippen LogP contribution is -2.21. The highest BCUT2D eigenvalue weighted by molar-refractivity contribution is 5.49. The monoisotopic (exact) mass is 243 g/mol. The smallest absolute Gasteiger partial charge is 0.211 e. The van der Waals surface area contributed by atoms with E-state index in [4.69, 9.17) is 0 Å². The molecule has 0 aromatic heterocycles. The molecule has 0 radical (unpaired) electrons. The van der Waals surface area contributed by atoms with Gasteiger partial charge in [-0.2, -0.15) is 4.99 Å². The minimum atomic E-state index is -0.297. The summed E-state index contributed by atoms with van der Waals surface area (Å²) in [5.41, 5.74) is 6.20. The van der Waals surface area contributed by atoms with Crippen LogP contribution in [0.15, 0.2) is 11.1 Å². The van der Waals surface area contributed by atoms with Crippen molar-refractivity contribution in [2.75, 3.05) is 0 Å². The summed E-state index contributed by atoms with van der Waals surface area (Å²) in [6.07, 6.45) is 6.06. The van der Waals surface area contributed by atoms with Crippen molar-refractivity contribution in [2.24, 2.45) is 4.99 Å². The van der Waals surface area contributed by atoms with Gasteiger partial charge in [-0.3, -0.25) is 0 Å². The molecule has 0 spiro atoms. The van der Waals surface area contributed by atoms with Crippen LogP contribution in [-0.2, 0) is 10.3 Å². The van der Waals surface area contributed by atoms with Gasteiger partial charge in [0.15, 0.2) is 0 Å². The summed E-state index contributed by atoms with van der Waals surface area (Å²) in [5.74, 6) is 0. The maximum Gasteiger partial charge on any atom is 0.235 e. The van der Waals surface area contributed by atoms with Crippen molar-refractivity contribution in [3.63, 3.8) is 0 Å². The zero-order valence-corrected chi connectivity index (χ0v) is 11.8. The van der Waals surface area contributed by atoms with Crippen LogP contribution in [0.4, 0.5) is 0 Å². The van der Waals surface area contributed by atoms with Gasteiger partial charge in [-0.05, 0) is 68.4 Å². The van der Waals surface area contributed by atoms with E-state index >= 15 is 0 Å². The number of isocyanates is 1. The van der Waals surface area contributed by atoms with E-state index in [0.29, 0.717) is 0 Å². The molecule has 0 heterocycles. The van der Waals surface area contributed by atoms with Gasteiger partial charge >= 0.3 is 0 Å². The fraction of sp³-hybridized carbons (Fsp3) is 0.562. The highest BCUT2D eigenvalue weighted by Gasteiger charge is 2.37. The number of hydrogen-bond acceptors (Lipinski definition) is 2. The fourth-order valence-electron chi connectivity index (χ4n) is 3.18. The van der Waals surface area contributed by atoms with Crippen LogP contribution in [-0.4, -0.2) is 6.08 Å². The number of hydrogen-bond donors (Lipinski definition) is 0. The van der Waals surface area contributed by atoms with E-state index in [1.165, 1.54) is 27.8 Å². The topological polar surface area (TPSA) is 29.4 Å². The van der Waals surface area contributed by atoms with Crippen LogP contribution in [0, 0.1) is 27.7 Å². The summed E-state index contributed by atoms with van der Waals surface area (Å²) in [6.45, 7) is 8.61. The third kappa shape index (κ3) is 1.91. The Morgan fingerprint density at radius 2 is 1.67 bits per heavy atom. The number of benzene rings is 1. The second-order valence-corrected chi connectivity index (χ2v) is 5.56. The Hall–Kier alpha value is -1.40. The average molecular weight is 243 g/mol. The van der Waals surface area contributed by atoms with Crippen LogP contribution < -0.4 is 0 Å². The van der Waals surface area contributed by atoms with Gasteiger partial charge in [0.05, 0.1) is 5.54 Å². The Balaban J connectivity index is 2.66. The largest absolute Gasteiger partial charge is 0.235 e. The van der Waals surface area contributed by atoms with Crippen molar-refractivity contribution < 1.29 is 4.79 Å². The lowest BCUT2D eigenvalue weighted by atomic mass is 9.82. The number of aliphatic imine (C=N–C) groups is 1. The van der Waals surface area contributed by atoms with Gasteiger partial charge in [-0.15, -0.1) is 0 Å². The molecule has 0 aliphatic heterocycles. The van der Waals surface area contributed by atoms with Gasteiger partial charge in [-0.25, -0.2) is 4.79 Å². The number of rotatable bonds is 2. The van der Waals surface area contributed by atoms with Crippen LogP contribution in [0.1, 0.15) is 53.5 Å².